The van der Waals surface area contributed by atoms with Crippen molar-refractivity contribution in [3.63, 3.8) is 0 Å². The molecule has 1 aliphatic heterocycles. The molecule has 1 atom stereocenters. The summed E-state index contributed by atoms with van der Waals surface area (Å²) in [6.07, 6.45) is 3.32. The molecule has 140 valence electrons. The molecule has 6 heteroatoms. The molecule has 2 aromatic rings. The molecule has 0 spiro atoms. The third kappa shape index (κ3) is 5.29. The molecule has 0 aliphatic carbocycles. The number of aliphatic imine (C=N–C) groups is 1. The first-order valence-electron chi connectivity index (χ1n) is 9.22. The molecule has 1 aromatic heterocycles. The van der Waals surface area contributed by atoms with Gasteiger partial charge < -0.3 is 10.6 Å². The van der Waals surface area contributed by atoms with Gasteiger partial charge in [-0.3, -0.25) is 9.89 Å². The maximum Gasteiger partial charge on any atom is 0.191 e. The molecule has 2 N–H and O–H groups in total. The molecule has 0 bridgehead atoms. The number of hydrogen-bond donors (Lipinski definition) is 2. The number of nitrogens with zero attached hydrogens (tertiary/aromatic N) is 2. The van der Waals surface area contributed by atoms with Crippen molar-refractivity contribution in [3.8, 4) is 0 Å². The van der Waals surface area contributed by atoms with Crippen LogP contribution in [0.1, 0.15) is 29.3 Å². The van der Waals surface area contributed by atoms with Gasteiger partial charge in [0.2, 0.25) is 0 Å². The van der Waals surface area contributed by atoms with Crippen LogP contribution in [-0.4, -0.2) is 44.1 Å². The van der Waals surface area contributed by atoms with Crippen LogP contribution in [0.15, 0.2) is 46.8 Å². The number of nitrogens with one attached hydrogen (secondary N) is 2. The van der Waals surface area contributed by atoms with Crippen LogP contribution in [0, 0.1) is 5.82 Å². The van der Waals surface area contributed by atoms with Crippen LogP contribution in [0.5, 0.6) is 0 Å². The summed E-state index contributed by atoms with van der Waals surface area (Å²) in [6, 6.07) is 11.5. The average molecular weight is 375 g/mol. The van der Waals surface area contributed by atoms with E-state index in [-0.39, 0.29) is 5.82 Å². The third-order valence-electron chi connectivity index (χ3n) is 4.73. The van der Waals surface area contributed by atoms with Gasteiger partial charge in [-0.2, -0.15) is 0 Å². The molecule has 0 amide bonds. The van der Waals surface area contributed by atoms with Gasteiger partial charge in [-0.25, -0.2) is 4.39 Å². The van der Waals surface area contributed by atoms with E-state index >= 15 is 0 Å². The van der Waals surface area contributed by atoms with Crippen molar-refractivity contribution in [1.29, 1.82) is 0 Å². The maximum absolute atomic E-state index is 13.3. The summed E-state index contributed by atoms with van der Waals surface area (Å²) >= 11 is 1.82. The van der Waals surface area contributed by atoms with Gasteiger partial charge in [0.05, 0.1) is 6.04 Å². The zero-order valence-corrected chi connectivity index (χ0v) is 16.1. The van der Waals surface area contributed by atoms with Gasteiger partial charge in [0.1, 0.15) is 5.82 Å². The molecule has 1 unspecified atom stereocenters. The number of guanidine groups is 1. The first kappa shape index (κ1) is 18.9. The van der Waals surface area contributed by atoms with Crippen LogP contribution in [0.2, 0.25) is 0 Å². The lowest BCUT2D eigenvalue weighted by atomic mass is 10.1. The molecule has 3 rings (SSSR count). The molecule has 1 aromatic carbocycles. The van der Waals surface area contributed by atoms with Crippen molar-refractivity contribution in [2.75, 3.05) is 33.2 Å². The van der Waals surface area contributed by atoms with Crippen molar-refractivity contribution >= 4 is 17.3 Å². The Labute approximate surface area is 159 Å². The number of rotatable bonds is 7. The lowest BCUT2D eigenvalue weighted by Crippen LogP contribution is -2.43. The average Bonchev–Trinajstić information content (AvgIpc) is 3.35. The molecular weight excluding hydrogens is 347 g/mol. The quantitative estimate of drug-likeness (QED) is 0.576. The van der Waals surface area contributed by atoms with Gasteiger partial charge in [-0.05, 0) is 61.5 Å². The second-order valence-corrected chi connectivity index (χ2v) is 7.51. The van der Waals surface area contributed by atoms with Crippen LogP contribution in [0.3, 0.4) is 0 Å². The largest absolute Gasteiger partial charge is 0.356 e. The van der Waals surface area contributed by atoms with Crippen LogP contribution in [0.25, 0.3) is 0 Å². The molecule has 1 fully saturated rings. The fourth-order valence-electron chi connectivity index (χ4n) is 3.38. The topological polar surface area (TPSA) is 39.7 Å². The Kier molecular flexibility index (Phi) is 7.03. The van der Waals surface area contributed by atoms with Crippen molar-refractivity contribution in [2.24, 2.45) is 4.99 Å². The molecule has 1 aliphatic rings. The van der Waals surface area contributed by atoms with Crippen LogP contribution in [-0.2, 0) is 6.42 Å². The predicted octanol–water partition coefficient (Wildman–Crippen LogP) is 3.43. The van der Waals surface area contributed by atoms with Crippen molar-refractivity contribution in [1.82, 2.24) is 15.5 Å². The van der Waals surface area contributed by atoms with E-state index in [1.165, 1.54) is 23.8 Å². The molecule has 2 heterocycles. The highest BCUT2D eigenvalue weighted by Gasteiger charge is 2.24. The Morgan fingerprint density at radius 2 is 2.08 bits per heavy atom. The molecule has 0 radical (unpaired) electrons. The van der Waals surface area contributed by atoms with E-state index in [4.69, 9.17) is 0 Å². The van der Waals surface area contributed by atoms with Crippen LogP contribution in [0.4, 0.5) is 4.39 Å². The zero-order chi connectivity index (χ0) is 18.2. The highest BCUT2D eigenvalue weighted by atomic mass is 32.1. The van der Waals surface area contributed by atoms with E-state index in [2.05, 4.69) is 38.0 Å². The second kappa shape index (κ2) is 9.69. The predicted molar refractivity (Wildman–Crippen MR) is 107 cm³/mol. The first-order valence-corrected chi connectivity index (χ1v) is 10.1. The van der Waals surface area contributed by atoms with E-state index in [0.717, 1.165) is 44.1 Å². The maximum atomic E-state index is 13.3. The van der Waals surface area contributed by atoms with Crippen molar-refractivity contribution in [2.45, 2.75) is 25.3 Å². The van der Waals surface area contributed by atoms with E-state index in [9.17, 15) is 4.39 Å². The first-order chi connectivity index (χ1) is 12.8. The Morgan fingerprint density at radius 3 is 2.77 bits per heavy atom. The summed E-state index contributed by atoms with van der Waals surface area (Å²) in [7, 11) is 1.79. The number of likely N-dealkylation sites (tertiary alicyclic amines) is 1. The van der Waals surface area contributed by atoms with Crippen molar-refractivity contribution < 1.29 is 4.39 Å². The van der Waals surface area contributed by atoms with Gasteiger partial charge in [0.15, 0.2) is 5.96 Å². The van der Waals surface area contributed by atoms with Gasteiger partial charge in [0, 0.05) is 25.0 Å². The number of benzene rings is 1. The van der Waals surface area contributed by atoms with Crippen LogP contribution < -0.4 is 10.6 Å². The van der Waals surface area contributed by atoms with E-state index in [1.54, 1.807) is 19.2 Å². The molecular formula is C20H27FN4S. The Morgan fingerprint density at radius 1 is 1.23 bits per heavy atom. The Balaban J connectivity index is 1.50. The summed E-state index contributed by atoms with van der Waals surface area (Å²) in [4.78, 5) is 8.27. The number of hydrogen-bond acceptors (Lipinski definition) is 3. The van der Waals surface area contributed by atoms with Gasteiger partial charge in [-0.1, -0.05) is 18.2 Å². The van der Waals surface area contributed by atoms with Gasteiger partial charge in [0.25, 0.3) is 0 Å². The monoisotopic (exact) mass is 374 g/mol. The third-order valence-corrected chi connectivity index (χ3v) is 5.71. The molecule has 26 heavy (non-hydrogen) atoms. The number of halogens is 1. The van der Waals surface area contributed by atoms with Crippen LogP contribution >= 0.6 is 11.3 Å². The second-order valence-electron chi connectivity index (χ2n) is 6.53. The fourth-order valence-corrected chi connectivity index (χ4v) is 4.24. The minimum absolute atomic E-state index is 0.186. The van der Waals surface area contributed by atoms with Crippen molar-refractivity contribution in [3.05, 3.63) is 58.0 Å². The summed E-state index contributed by atoms with van der Waals surface area (Å²) < 4.78 is 13.3. The highest BCUT2D eigenvalue weighted by Crippen LogP contribution is 2.27. The lowest BCUT2D eigenvalue weighted by Gasteiger charge is -2.27. The minimum atomic E-state index is -0.186. The standard InChI is InChI=1S/C20H27FN4S/c1-22-20(23-10-9-16-6-4-7-17(21)14-16)24-15-18(19-8-5-13-26-19)25-11-2-3-12-25/h4-8,13-14,18H,2-3,9-12,15H2,1H3,(H2,22,23,24). The fraction of sp³-hybridized carbons (Fsp3) is 0.450. The Hall–Kier alpha value is -1.92. The van der Waals surface area contributed by atoms with E-state index < -0.39 is 0 Å². The van der Waals surface area contributed by atoms with Gasteiger partial charge in [-0.15, -0.1) is 11.3 Å². The molecule has 0 saturated carbocycles. The lowest BCUT2D eigenvalue weighted by molar-refractivity contribution is 0.249. The summed E-state index contributed by atoms with van der Waals surface area (Å²) in [5.74, 6) is 0.608. The van der Waals surface area contributed by atoms with E-state index in [0.29, 0.717) is 6.04 Å². The highest BCUT2D eigenvalue weighted by molar-refractivity contribution is 7.10. The molecule has 4 nitrogen and oxygen atoms in total. The summed E-state index contributed by atoms with van der Waals surface area (Å²) in [5, 5.41) is 8.94. The zero-order valence-electron chi connectivity index (χ0n) is 15.2. The Bertz CT molecular complexity index is 696. The minimum Gasteiger partial charge on any atom is -0.356 e. The number of thiophene rings is 1. The van der Waals surface area contributed by atoms with E-state index in [1.807, 2.05) is 17.4 Å². The molecule has 1 saturated heterocycles. The summed E-state index contributed by atoms with van der Waals surface area (Å²) in [6.45, 7) is 3.88. The smallest absolute Gasteiger partial charge is 0.191 e. The normalized spacial score (nSPS) is 16.6. The SMILES string of the molecule is CN=C(NCCc1cccc(F)c1)NCC(c1cccs1)N1CCCC1. The summed E-state index contributed by atoms with van der Waals surface area (Å²) in [5.41, 5.74) is 0.987. The van der Waals surface area contributed by atoms with Gasteiger partial charge >= 0.3 is 0 Å².